The van der Waals surface area contributed by atoms with Gasteiger partial charge in [-0.2, -0.15) is 9.50 Å². The molecule has 2 rings (SSSR count). The Morgan fingerprint density at radius 3 is 2.60 bits per heavy atom. The maximum absolute atomic E-state index is 12.0. The minimum absolute atomic E-state index is 0.0726. The van der Waals surface area contributed by atoms with Crippen molar-refractivity contribution in [1.29, 1.82) is 0 Å². The molecule has 9 nitrogen and oxygen atoms in total. The SMILES string of the molecule is Cc1cc(C)n2nc(NC(=O)N[C@@H](C)CC(=O)OC(C)(C)C)nc2n1. The number of ether oxygens (including phenoxy) is 1. The number of hydrogen-bond donors (Lipinski definition) is 2. The van der Waals surface area contributed by atoms with Gasteiger partial charge in [-0.3, -0.25) is 10.1 Å². The fraction of sp³-hybridized carbons (Fsp3) is 0.562. The Morgan fingerprint density at radius 2 is 1.96 bits per heavy atom. The second kappa shape index (κ2) is 7.04. The highest BCUT2D eigenvalue weighted by atomic mass is 16.6. The molecule has 0 saturated carbocycles. The van der Waals surface area contributed by atoms with Crippen molar-refractivity contribution < 1.29 is 14.3 Å². The van der Waals surface area contributed by atoms with Crippen LogP contribution >= 0.6 is 0 Å². The van der Waals surface area contributed by atoms with Gasteiger partial charge < -0.3 is 10.1 Å². The molecule has 2 N–H and O–H groups in total. The first-order chi connectivity index (χ1) is 11.5. The highest BCUT2D eigenvalue weighted by molar-refractivity contribution is 5.88. The zero-order valence-electron chi connectivity index (χ0n) is 15.4. The van der Waals surface area contributed by atoms with Gasteiger partial charge in [0.05, 0.1) is 6.42 Å². The molecule has 2 heterocycles. The molecule has 1 atom stereocenters. The predicted octanol–water partition coefficient (Wildman–Crippen LogP) is 1.98. The van der Waals surface area contributed by atoms with E-state index >= 15 is 0 Å². The van der Waals surface area contributed by atoms with Crippen molar-refractivity contribution in [2.24, 2.45) is 0 Å². The number of nitrogens with zero attached hydrogens (tertiary/aromatic N) is 4. The third kappa shape index (κ3) is 5.40. The summed E-state index contributed by atoms with van der Waals surface area (Å²) in [6, 6.07) is 0.976. The number of urea groups is 1. The number of carbonyl (C=O) groups excluding carboxylic acids is 2. The standard InChI is InChI=1S/C16H24N6O3/c1-9-7-11(3)22-14(17-9)19-13(21-22)20-15(24)18-10(2)8-12(23)25-16(4,5)6/h7,10H,8H2,1-6H3,(H2,18,20,21,24)/t10-/m0/s1. The van der Waals surface area contributed by atoms with Crippen LogP contribution in [0.3, 0.4) is 0 Å². The summed E-state index contributed by atoms with van der Waals surface area (Å²) in [6.07, 6.45) is 0.0726. The van der Waals surface area contributed by atoms with Gasteiger partial charge in [0.15, 0.2) is 0 Å². The number of esters is 1. The first kappa shape index (κ1) is 18.6. The van der Waals surface area contributed by atoms with Crippen molar-refractivity contribution in [3.8, 4) is 0 Å². The molecule has 136 valence electrons. The minimum Gasteiger partial charge on any atom is -0.460 e. The molecule has 0 aliphatic carbocycles. The summed E-state index contributed by atoms with van der Waals surface area (Å²) in [6.45, 7) is 10.8. The van der Waals surface area contributed by atoms with Crippen LogP contribution in [0, 0.1) is 13.8 Å². The highest BCUT2D eigenvalue weighted by Gasteiger charge is 2.20. The van der Waals surface area contributed by atoms with Crippen LogP contribution in [0.15, 0.2) is 6.07 Å². The second-order valence-electron chi connectivity index (χ2n) is 6.98. The Hall–Kier alpha value is -2.71. The molecule has 0 aliphatic heterocycles. The molecule has 0 aliphatic rings. The molecule has 25 heavy (non-hydrogen) atoms. The Labute approximate surface area is 146 Å². The molecule has 0 unspecified atom stereocenters. The van der Waals surface area contributed by atoms with E-state index in [2.05, 4.69) is 25.7 Å². The summed E-state index contributed by atoms with van der Waals surface area (Å²) in [5, 5.41) is 9.39. The molecule has 2 aromatic heterocycles. The monoisotopic (exact) mass is 348 g/mol. The summed E-state index contributed by atoms with van der Waals surface area (Å²) in [7, 11) is 0. The van der Waals surface area contributed by atoms with E-state index in [0.717, 1.165) is 11.4 Å². The first-order valence-corrected chi connectivity index (χ1v) is 8.04. The average molecular weight is 348 g/mol. The maximum Gasteiger partial charge on any atom is 0.321 e. The molecule has 0 aromatic carbocycles. The first-order valence-electron chi connectivity index (χ1n) is 8.04. The zero-order chi connectivity index (χ0) is 18.8. The van der Waals surface area contributed by atoms with Gasteiger partial charge in [-0.1, -0.05) is 0 Å². The van der Waals surface area contributed by atoms with E-state index in [1.165, 1.54) is 0 Å². The Balaban J connectivity index is 1.94. The van der Waals surface area contributed by atoms with Crippen LogP contribution < -0.4 is 10.6 Å². The number of rotatable bonds is 4. The van der Waals surface area contributed by atoms with Crippen molar-refractivity contribution >= 4 is 23.7 Å². The second-order valence-corrected chi connectivity index (χ2v) is 6.98. The number of nitrogens with one attached hydrogen (secondary N) is 2. The smallest absolute Gasteiger partial charge is 0.321 e. The molecule has 9 heteroatoms. The van der Waals surface area contributed by atoms with Crippen LogP contribution in [0.25, 0.3) is 5.78 Å². The molecule has 0 spiro atoms. The quantitative estimate of drug-likeness (QED) is 0.818. The Morgan fingerprint density at radius 1 is 1.28 bits per heavy atom. The van der Waals surface area contributed by atoms with Gasteiger partial charge in [-0.05, 0) is 47.6 Å². The van der Waals surface area contributed by atoms with Crippen LogP contribution in [0.2, 0.25) is 0 Å². The lowest BCUT2D eigenvalue weighted by Crippen LogP contribution is -2.38. The molecular weight excluding hydrogens is 324 g/mol. The largest absolute Gasteiger partial charge is 0.460 e. The lowest BCUT2D eigenvalue weighted by molar-refractivity contribution is -0.155. The summed E-state index contributed by atoms with van der Waals surface area (Å²) >= 11 is 0. The Bertz CT molecular complexity index is 793. The van der Waals surface area contributed by atoms with Gasteiger partial charge in [-0.15, -0.1) is 5.10 Å². The molecule has 0 fully saturated rings. The van der Waals surface area contributed by atoms with E-state index in [1.807, 2.05) is 19.9 Å². The number of aryl methyl sites for hydroxylation is 2. The van der Waals surface area contributed by atoms with E-state index in [1.54, 1.807) is 32.2 Å². The summed E-state index contributed by atoms with van der Waals surface area (Å²) in [5.41, 5.74) is 1.13. The highest BCUT2D eigenvalue weighted by Crippen LogP contribution is 2.10. The van der Waals surface area contributed by atoms with E-state index in [0.29, 0.717) is 5.78 Å². The van der Waals surface area contributed by atoms with Crippen molar-refractivity contribution in [1.82, 2.24) is 24.9 Å². The third-order valence-corrected chi connectivity index (χ3v) is 3.11. The fourth-order valence-electron chi connectivity index (χ4n) is 2.26. The lowest BCUT2D eigenvalue weighted by atomic mass is 10.2. The number of carbonyl (C=O) groups is 2. The molecule has 0 bridgehead atoms. The van der Waals surface area contributed by atoms with E-state index < -0.39 is 17.7 Å². The van der Waals surface area contributed by atoms with Crippen LogP contribution in [0.1, 0.15) is 45.5 Å². The van der Waals surface area contributed by atoms with E-state index in [4.69, 9.17) is 4.74 Å². The third-order valence-electron chi connectivity index (χ3n) is 3.11. The average Bonchev–Trinajstić information content (AvgIpc) is 2.77. The van der Waals surface area contributed by atoms with Crippen LogP contribution in [-0.2, 0) is 9.53 Å². The fourth-order valence-corrected chi connectivity index (χ4v) is 2.26. The van der Waals surface area contributed by atoms with Crippen molar-refractivity contribution in [2.75, 3.05) is 5.32 Å². The van der Waals surface area contributed by atoms with Crippen molar-refractivity contribution in [3.63, 3.8) is 0 Å². The van der Waals surface area contributed by atoms with Gasteiger partial charge in [0, 0.05) is 17.4 Å². The Kier molecular flexibility index (Phi) is 5.24. The van der Waals surface area contributed by atoms with Gasteiger partial charge in [0.2, 0.25) is 0 Å². The number of amides is 2. The van der Waals surface area contributed by atoms with Crippen LogP contribution in [0.4, 0.5) is 10.7 Å². The number of fused-ring (bicyclic) bond motifs is 1. The zero-order valence-corrected chi connectivity index (χ0v) is 15.4. The number of anilines is 1. The summed E-state index contributed by atoms with van der Waals surface area (Å²) in [4.78, 5) is 32.2. The topological polar surface area (TPSA) is 111 Å². The van der Waals surface area contributed by atoms with E-state index in [9.17, 15) is 9.59 Å². The van der Waals surface area contributed by atoms with Crippen LogP contribution in [-0.4, -0.2) is 43.2 Å². The molecule has 2 aromatic rings. The summed E-state index contributed by atoms with van der Waals surface area (Å²) in [5.74, 6) is 0.180. The van der Waals surface area contributed by atoms with Crippen molar-refractivity contribution in [3.05, 3.63) is 17.5 Å². The number of aromatic nitrogens is 4. The summed E-state index contributed by atoms with van der Waals surface area (Å²) < 4.78 is 6.77. The van der Waals surface area contributed by atoms with Gasteiger partial charge >= 0.3 is 12.0 Å². The van der Waals surface area contributed by atoms with Gasteiger partial charge in [0.25, 0.3) is 11.7 Å². The van der Waals surface area contributed by atoms with Gasteiger partial charge in [0.1, 0.15) is 5.60 Å². The normalized spacial score (nSPS) is 12.7. The molecule has 0 radical (unpaired) electrons. The minimum atomic E-state index is -0.553. The number of hydrogen-bond acceptors (Lipinski definition) is 6. The molecule has 0 saturated heterocycles. The molecule has 2 amide bonds. The van der Waals surface area contributed by atoms with Crippen LogP contribution in [0.5, 0.6) is 0 Å². The molecular formula is C16H24N6O3. The maximum atomic E-state index is 12.0. The lowest BCUT2D eigenvalue weighted by Gasteiger charge is -2.21. The van der Waals surface area contributed by atoms with Crippen molar-refractivity contribution in [2.45, 2.75) is 59.6 Å². The predicted molar refractivity (Wildman–Crippen MR) is 92.3 cm³/mol. The van der Waals surface area contributed by atoms with E-state index in [-0.39, 0.29) is 18.3 Å². The van der Waals surface area contributed by atoms with Gasteiger partial charge in [-0.25, -0.2) is 9.78 Å².